The van der Waals surface area contributed by atoms with Crippen molar-refractivity contribution in [3.8, 4) is 0 Å². The van der Waals surface area contributed by atoms with Gasteiger partial charge < -0.3 is 5.73 Å². The Morgan fingerprint density at radius 1 is 1.53 bits per heavy atom. The number of fused-ring (bicyclic) bond motifs is 1. The molecule has 0 saturated carbocycles. The van der Waals surface area contributed by atoms with Crippen molar-refractivity contribution in [2.24, 2.45) is 11.7 Å². The molecular weight excluding hydrogens is 186 g/mol. The van der Waals surface area contributed by atoms with Crippen LogP contribution < -0.4 is 5.73 Å². The van der Waals surface area contributed by atoms with E-state index in [2.05, 4.69) is 18.2 Å². The molecule has 2 atom stereocenters. The lowest BCUT2D eigenvalue weighted by molar-refractivity contribution is -0.122. The molecule has 2 heteroatoms. The first kappa shape index (κ1) is 10.4. The number of carbonyl (C=O) groups is 1. The molecule has 0 aliphatic heterocycles. The van der Waals surface area contributed by atoms with Crippen LogP contribution in [0, 0.1) is 5.92 Å². The zero-order valence-electron chi connectivity index (χ0n) is 9.07. The highest BCUT2D eigenvalue weighted by atomic mass is 16.1. The highest BCUT2D eigenvalue weighted by Crippen LogP contribution is 2.37. The Hall–Kier alpha value is -1.15. The second kappa shape index (κ2) is 4.15. The zero-order valence-corrected chi connectivity index (χ0v) is 9.07. The van der Waals surface area contributed by atoms with Gasteiger partial charge in [0, 0.05) is 18.9 Å². The van der Waals surface area contributed by atoms with E-state index in [1.165, 1.54) is 11.1 Å². The van der Waals surface area contributed by atoms with E-state index in [9.17, 15) is 4.79 Å². The van der Waals surface area contributed by atoms with E-state index >= 15 is 0 Å². The maximum atomic E-state index is 11.7. The van der Waals surface area contributed by atoms with Crippen molar-refractivity contribution >= 4 is 5.78 Å². The van der Waals surface area contributed by atoms with Gasteiger partial charge in [-0.1, -0.05) is 31.2 Å². The summed E-state index contributed by atoms with van der Waals surface area (Å²) in [6, 6.07) is 8.37. The van der Waals surface area contributed by atoms with Gasteiger partial charge in [0.15, 0.2) is 0 Å². The third-order valence-corrected chi connectivity index (χ3v) is 3.31. The first-order valence-electron chi connectivity index (χ1n) is 5.53. The standard InChI is InChI=1S/C13H17NO/c1-9(8-14)13(15)7-11-6-10-4-2-3-5-12(10)11/h2-5,9,11H,6-8,14H2,1H3. The minimum absolute atomic E-state index is 0.0118. The summed E-state index contributed by atoms with van der Waals surface area (Å²) >= 11 is 0. The molecule has 0 spiro atoms. The summed E-state index contributed by atoms with van der Waals surface area (Å²) in [6.45, 7) is 2.38. The summed E-state index contributed by atoms with van der Waals surface area (Å²) in [5, 5.41) is 0. The van der Waals surface area contributed by atoms with E-state index in [0.29, 0.717) is 24.7 Å². The molecule has 2 unspecified atom stereocenters. The Kier molecular flexibility index (Phi) is 2.87. The van der Waals surface area contributed by atoms with E-state index in [0.717, 1.165) is 6.42 Å². The van der Waals surface area contributed by atoms with Crippen LogP contribution in [-0.4, -0.2) is 12.3 Å². The molecule has 1 aliphatic rings. The molecule has 0 aromatic heterocycles. The number of hydrogen-bond acceptors (Lipinski definition) is 2. The van der Waals surface area contributed by atoms with Gasteiger partial charge in [0.25, 0.3) is 0 Å². The number of ketones is 1. The molecule has 15 heavy (non-hydrogen) atoms. The minimum Gasteiger partial charge on any atom is -0.330 e. The van der Waals surface area contributed by atoms with Crippen molar-refractivity contribution in [2.45, 2.75) is 25.7 Å². The highest BCUT2D eigenvalue weighted by Gasteiger charge is 2.28. The maximum Gasteiger partial charge on any atom is 0.137 e. The molecule has 2 nitrogen and oxygen atoms in total. The van der Waals surface area contributed by atoms with Gasteiger partial charge in [0.05, 0.1) is 0 Å². The second-order valence-corrected chi connectivity index (χ2v) is 4.41. The topological polar surface area (TPSA) is 43.1 Å². The lowest BCUT2D eigenvalue weighted by Crippen LogP contribution is -2.26. The largest absolute Gasteiger partial charge is 0.330 e. The van der Waals surface area contributed by atoms with Crippen molar-refractivity contribution in [2.75, 3.05) is 6.54 Å². The van der Waals surface area contributed by atoms with Gasteiger partial charge in [-0.3, -0.25) is 4.79 Å². The van der Waals surface area contributed by atoms with Crippen molar-refractivity contribution in [1.82, 2.24) is 0 Å². The van der Waals surface area contributed by atoms with E-state index in [4.69, 9.17) is 5.73 Å². The van der Waals surface area contributed by atoms with E-state index < -0.39 is 0 Å². The lowest BCUT2D eigenvalue weighted by Gasteiger charge is -2.30. The lowest BCUT2D eigenvalue weighted by atomic mass is 9.74. The summed E-state index contributed by atoms with van der Waals surface area (Å²) < 4.78 is 0. The van der Waals surface area contributed by atoms with Crippen LogP contribution in [0.5, 0.6) is 0 Å². The molecule has 1 aliphatic carbocycles. The average molecular weight is 203 g/mol. The van der Waals surface area contributed by atoms with Crippen LogP contribution in [0.4, 0.5) is 0 Å². The highest BCUT2D eigenvalue weighted by molar-refractivity contribution is 5.82. The Labute approximate surface area is 90.5 Å². The Bertz CT molecular complexity index is 373. The summed E-state index contributed by atoms with van der Waals surface area (Å²) in [4.78, 5) is 11.7. The monoisotopic (exact) mass is 203 g/mol. The van der Waals surface area contributed by atoms with Gasteiger partial charge in [0.2, 0.25) is 0 Å². The summed E-state index contributed by atoms with van der Waals surface area (Å²) in [6.07, 6.45) is 1.72. The molecule has 0 fully saturated rings. The molecule has 0 radical (unpaired) electrons. The molecule has 2 N–H and O–H groups in total. The van der Waals surface area contributed by atoms with Gasteiger partial charge >= 0.3 is 0 Å². The number of hydrogen-bond donors (Lipinski definition) is 1. The number of rotatable bonds is 4. The van der Waals surface area contributed by atoms with Crippen molar-refractivity contribution in [3.05, 3.63) is 35.4 Å². The number of carbonyl (C=O) groups excluding carboxylic acids is 1. The van der Waals surface area contributed by atoms with Gasteiger partial charge in [-0.15, -0.1) is 0 Å². The third kappa shape index (κ3) is 1.95. The summed E-state index contributed by atoms with van der Waals surface area (Å²) in [5.41, 5.74) is 8.24. The average Bonchev–Trinajstić information content (AvgIpc) is 2.24. The molecule has 0 heterocycles. The Morgan fingerprint density at radius 2 is 2.27 bits per heavy atom. The predicted molar refractivity (Wildman–Crippen MR) is 60.7 cm³/mol. The normalized spacial score (nSPS) is 20.3. The van der Waals surface area contributed by atoms with Crippen LogP contribution in [0.3, 0.4) is 0 Å². The second-order valence-electron chi connectivity index (χ2n) is 4.41. The van der Waals surface area contributed by atoms with Crippen molar-refractivity contribution in [1.29, 1.82) is 0 Å². The SMILES string of the molecule is CC(CN)C(=O)CC1Cc2ccccc21. The Morgan fingerprint density at radius 3 is 2.93 bits per heavy atom. The molecule has 0 bridgehead atoms. The van der Waals surface area contributed by atoms with E-state index in [1.807, 2.05) is 13.0 Å². The summed E-state index contributed by atoms with van der Waals surface area (Å²) in [7, 11) is 0. The molecule has 1 aromatic rings. The van der Waals surface area contributed by atoms with E-state index in [-0.39, 0.29) is 5.92 Å². The first-order chi connectivity index (χ1) is 7.22. The molecule has 2 rings (SSSR count). The maximum absolute atomic E-state index is 11.7. The fourth-order valence-corrected chi connectivity index (χ4v) is 2.12. The van der Waals surface area contributed by atoms with Gasteiger partial charge in [-0.25, -0.2) is 0 Å². The smallest absolute Gasteiger partial charge is 0.137 e. The van der Waals surface area contributed by atoms with Gasteiger partial charge in [-0.05, 0) is 23.5 Å². The fourth-order valence-electron chi connectivity index (χ4n) is 2.12. The molecule has 0 amide bonds. The molecule has 0 saturated heterocycles. The van der Waals surface area contributed by atoms with Crippen molar-refractivity contribution < 1.29 is 4.79 Å². The Balaban J connectivity index is 1.98. The van der Waals surface area contributed by atoms with Crippen LogP contribution in [0.2, 0.25) is 0 Å². The minimum atomic E-state index is 0.0118. The van der Waals surface area contributed by atoms with E-state index in [1.54, 1.807) is 0 Å². The molecular formula is C13H17NO. The van der Waals surface area contributed by atoms with Gasteiger partial charge in [-0.2, -0.15) is 0 Å². The number of benzene rings is 1. The van der Waals surface area contributed by atoms with Crippen molar-refractivity contribution in [3.63, 3.8) is 0 Å². The van der Waals surface area contributed by atoms with Crippen LogP contribution in [0.15, 0.2) is 24.3 Å². The van der Waals surface area contributed by atoms with Gasteiger partial charge in [0.1, 0.15) is 5.78 Å². The first-order valence-corrected chi connectivity index (χ1v) is 5.53. The van der Waals surface area contributed by atoms with Crippen LogP contribution >= 0.6 is 0 Å². The summed E-state index contributed by atoms with van der Waals surface area (Å²) in [5.74, 6) is 0.762. The number of nitrogens with two attached hydrogens (primary N) is 1. The zero-order chi connectivity index (χ0) is 10.8. The fraction of sp³-hybridized carbons (Fsp3) is 0.462. The van der Waals surface area contributed by atoms with Crippen LogP contribution in [0.25, 0.3) is 0 Å². The van der Waals surface area contributed by atoms with Crippen LogP contribution in [0.1, 0.15) is 30.4 Å². The molecule has 1 aromatic carbocycles. The predicted octanol–water partition coefficient (Wildman–Crippen LogP) is 1.88. The third-order valence-electron chi connectivity index (χ3n) is 3.31. The van der Waals surface area contributed by atoms with Crippen LogP contribution in [-0.2, 0) is 11.2 Å². The molecule has 80 valence electrons. The quantitative estimate of drug-likeness (QED) is 0.812. The number of Topliss-reactive ketones (excluding diaryl/α,β-unsaturated/α-hetero) is 1.